The highest BCUT2D eigenvalue weighted by molar-refractivity contribution is 7.25. The highest BCUT2D eigenvalue weighted by Gasteiger charge is 2.43. The standard InChI is InChI=1S/C54H46S/c1-2-7-42-41(6-1)48-23-35(8-10-43(48)50-26-45-38-16-29-12-30(17-38)15-37(14-29)44(45)25-49(42)50)33-4-3-5-34(22-33)36-9-11-53-51(24-36)52-27-46-39-18-31-13-32(19-39)21-40(20-31)47(46)28-54(52)55-53/h1-11,22-32,37-40H,12-21H2. The molecular formula is C54H46S. The molecule has 1 heterocycles. The lowest BCUT2D eigenvalue weighted by Crippen LogP contribution is -2.25. The summed E-state index contributed by atoms with van der Waals surface area (Å²) in [4.78, 5) is 0. The topological polar surface area (TPSA) is 0 Å². The minimum atomic E-state index is 0.755. The van der Waals surface area contributed by atoms with E-state index in [-0.39, 0.29) is 0 Å². The summed E-state index contributed by atoms with van der Waals surface area (Å²) in [5, 5.41) is 11.5. The lowest BCUT2D eigenvalue weighted by atomic mass is 9.67. The number of rotatable bonds is 2. The predicted octanol–water partition coefficient (Wildman–Crippen LogP) is 15.6. The van der Waals surface area contributed by atoms with E-state index in [1.807, 2.05) is 11.3 Å². The number of benzene rings is 7. The first-order valence-corrected chi connectivity index (χ1v) is 22.5. The number of thiophene rings is 1. The quantitative estimate of drug-likeness (QED) is 0.156. The maximum atomic E-state index is 2.67. The van der Waals surface area contributed by atoms with Crippen molar-refractivity contribution in [2.45, 2.75) is 87.9 Å². The van der Waals surface area contributed by atoms with Crippen LogP contribution in [0.5, 0.6) is 0 Å². The highest BCUT2D eigenvalue weighted by atomic mass is 32.1. The first-order chi connectivity index (χ1) is 27.1. The van der Waals surface area contributed by atoms with Gasteiger partial charge >= 0.3 is 0 Å². The molecule has 8 aliphatic rings. The lowest BCUT2D eigenvalue weighted by molar-refractivity contribution is 0.165. The second-order valence-corrected chi connectivity index (χ2v) is 20.4. The van der Waals surface area contributed by atoms with Crippen molar-refractivity contribution in [3.05, 3.63) is 131 Å². The molecule has 7 aromatic carbocycles. The smallest absolute Gasteiger partial charge is 0.0358 e. The van der Waals surface area contributed by atoms with Gasteiger partial charge in [0.15, 0.2) is 0 Å². The van der Waals surface area contributed by atoms with Crippen LogP contribution in [0.15, 0.2) is 109 Å². The molecule has 16 rings (SSSR count). The van der Waals surface area contributed by atoms with Crippen LogP contribution in [0.1, 0.15) is 110 Å². The van der Waals surface area contributed by atoms with Crippen LogP contribution in [0.25, 0.3) is 74.7 Å². The Morgan fingerprint density at radius 2 is 0.709 bits per heavy atom. The summed E-state index contributed by atoms with van der Waals surface area (Å²) in [5.41, 5.74) is 12.0. The Bertz CT molecular complexity index is 2930. The summed E-state index contributed by atoms with van der Waals surface area (Å²) in [6.45, 7) is 0. The van der Waals surface area contributed by atoms with Crippen LogP contribution in [0.4, 0.5) is 0 Å². The van der Waals surface area contributed by atoms with Gasteiger partial charge in [0, 0.05) is 20.2 Å². The van der Waals surface area contributed by atoms with Crippen molar-refractivity contribution in [2.24, 2.45) is 23.7 Å². The summed E-state index contributed by atoms with van der Waals surface area (Å²) in [6.07, 6.45) is 14.4. The van der Waals surface area contributed by atoms with Gasteiger partial charge in [0.05, 0.1) is 0 Å². The Morgan fingerprint density at radius 1 is 0.291 bits per heavy atom. The molecule has 4 atom stereocenters. The van der Waals surface area contributed by atoms with Crippen molar-refractivity contribution in [1.29, 1.82) is 0 Å². The minimum absolute atomic E-state index is 0.755. The molecule has 0 N–H and O–H groups in total. The van der Waals surface area contributed by atoms with Crippen LogP contribution in [-0.2, 0) is 0 Å². The Labute approximate surface area is 327 Å². The van der Waals surface area contributed by atoms with Crippen molar-refractivity contribution in [3.63, 3.8) is 0 Å². The first-order valence-electron chi connectivity index (χ1n) is 21.7. The minimum Gasteiger partial charge on any atom is -0.135 e. The van der Waals surface area contributed by atoms with Crippen molar-refractivity contribution < 1.29 is 0 Å². The molecule has 1 aromatic heterocycles. The van der Waals surface area contributed by atoms with Gasteiger partial charge in [0.25, 0.3) is 0 Å². The van der Waals surface area contributed by atoms with E-state index in [9.17, 15) is 0 Å². The summed E-state index contributed by atoms with van der Waals surface area (Å²) in [5.74, 6) is 6.90. The SMILES string of the molecule is c1cc(-c2ccc3sc4cc5c(cc4c3c2)C2CC3CC(CC5C3)C2)cc(-c2ccc3c(c2)c2ccccc2c2cc4c(cc32)C2CC3CC(CC4C3)C2)c1. The fraction of sp³-hybridized carbons (Fsp3) is 0.333. The van der Waals surface area contributed by atoms with E-state index in [1.165, 1.54) is 139 Å². The van der Waals surface area contributed by atoms with E-state index in [0.29, 0.717) is 0 Å². The molecule has 4 fully saturated rings. The molecule has 55 heavy (non-hydrogen) atoms. The van der Waals surface area contributed by atoms with Gasteiger partial charge in [-0.3, -0.25) is 0 Å². The third kappa shape index (κ3) is 4.45. The fourth-order valence-electron chi connectivity index (χ4n) is 14.3. The van der Waals surface area contributed by atoms with Gasteiger partial charge < -0.3 is 0 Å². The van der Waals surface area contributed by atoms with Crippen LogP contribution in [0, 0.1) is 23.7 Å². The molecule has 4 unspecified atom stereocenters. The normalized spacial score (nSPS) is 28.7. The molecule has 8 bridgehead atoms. The van der Waals surface area contributed by atoms with Crippen molar-refractivity contribution in [1.82, 2.24) is 0 Å². The van der Waals surface area contributed by atoms with E-state index in [1.54, 1.807) is 22.3 Å². The van der Waals surface area contributed by atoms with Crippen LogP contribution >= 0.6 is 11.3 Å². The Hall–Kier alpha value is -4.46. The number of hydrogen-bond donors (Lipinski definition) is 0. The molecule has 4 saturated carbocycles. The van der Waals surface area contributed by atoms with Gasteiger partial charge in [-0.2, -0.15) is 0 Å². The van der Waals surface area contributed by atoms with Gasteiger partial charge in [-0.05, 0) is 237 Å². The maximum absolute atomic E-state index is 2.67. The fourth-order valence-corrected chi connectivity index (χ4v) is 15.4. The van der Waals surface area contributed by atoms with Crippen molar-refractivity contribution in [2.75, 3.05) is 0 Å². The van der Waals surface area contributed by atoms with Gasteiger partial charge in [-0.25, -0.2) is 0 Å². The zero-order valence-electron chi connectivity index (χ0n) is 31.5. The molecule has 0 amide bonds. The molecule has 8 aromatic rings. The molecule has 0 radical (unpaired) electrons. The zero-order valence-corrected chi connectivity index (χ0v) is 32.3. The van der Waals surface area contributed by atoms with Crippen LogP contribution in [0.2, 0.25) is 0 Å². The summed E-state index contributed by atoms with van der Waals surface area (Å²) in [7, 11) is 0. The molecule has 0 aliphatic heterocycles. The Balaban J connectivity index is 0.886. The zero-order chi connectivity index (χ0) is 35.5. The van der Waals surface area contributed by atoms with E-state index in [2.05, 4.69) is 109 Å². The average Bonchev–Trinajstić information content (AvgIpc) is 3.39. The van der Waals surface area contributed by atoms with E-state index >= 15 is 0 Å². The molecule has 0 nitrogen and oxygen atoms in total. The molecule has 1 heteroatoms. The maximum Gasteiger partial charge on any atom is 0.0358 e. The van der Waals surface area contributed by atoms with Crippen LogP contribution in [-0.4, -0.2) is 0 Å². The Kier molecular flexibility index (Phi) is 6.20. The van der Waals surface area contributed by atoms with E-state index in [0.717, 1.165) is 47.3 Å². The van der Waals surface area contributed by atoms with Gasteiger partial charge in [0.2, 0.25) is 0 Å². The molecular weight excluding hydrogens is 681 g/mol. The summed E-state index contributed by atoms with van der Waals surface area (Å²) < 4.78 is 2.92. The third-order valence-electron chi connectivity index (χ3n) is 16.3. The molecule has 268 valence electrons. The number of hydrogen-bond acceptors (Lipinski definition) is 1. The monoisotopic (exact) mass is 726 g/mol. The van der Waals surface area contributed by atoms with E-state index in [4.69, 9.17) is 0 Å². The van der Waals surface area contributed by atoms with Crippen LogP contribution in [0.3, 0.4) is 0 Å². The van der Waals surface area contributed by atoms with Gasteiger partial charge in [0.1, 0.15) is 0 Å². The van der Waals surface area contributed by atoms with Gasteiger partial charge in [-0.15, -0.1) is 11.3 Å². The second kappa shape index (κ2) is 11.1. The van der Waals surface area contributed by atoms with Crippen molar-refractivity contribution >= 4 is 63.8 Å². The largest absolute Gasteiger partial charge is 0.135 e. The Morgan fingerprint density at radius 3 is 1.27 bits per heavy atom. The van der Waals surface area contributed by atoms with Crippen molar-refractivity contribution in [3.8, 4) is 22.3 Å². The van der Waals surface area contributed by atoms with E-state index < -0.39 is 0 Å². The molecule has 0 spiro atoms. The summed E-state index contributed by atoms with van der Waals surface area (Å²) >= 11 is 2.01. The molecule has 0 saturated heterocycles. The number of fused-ring (bicyclic) bond motifs is 9. The molecule has 8 aliphatic carbocycles. The predicted molar refractivity (Wildman–Crippen MR) is 234 cm³/mol. The highest BCUT2D eigenvalue weighted by Crippen LogP contribution is 2.59. The van der Waals surface area contributed by atoms with Gasteiger partial charge in [-0.1, -0.05) is 60.7 Å². The third-order valence-corrected chi connectivity index (χ3v) is 17.4. The second-order valence-electron chi connectivity index (χ2n) is 19.3. The first kappa shape index (κ1) is 30.7. The average molecular weight is 727 g/mol. The van der Waals surface area contributed by atoms with Crippen LogP contribution < -0.4 is 0 Å². The lowest BCUT2D eigenvalue weighted by Gasteiger charge is -2.38. The summed E-state index contributed by atoms with van der Waals surface area (Å²) in [6, 6.07) is 43.8.